The zero-order valence-electron chi connectivity index (χ0n) is 15.3. The summed E-state index contributed by atoms with van der Waals surface area (Å²) in [6, 6.07) is 12.9. The highest BCUT2D eigenvalue weighted by Crippen LogP contribution is 2.47. The number of ether oxygens (including phenoxy) is 3. The SMILES string of the molecule is CCC(C)c1ccc(C(=O)Oc2ccc3c(c2)OC2(CCCC2)O3)cc1. The van der Waals surface area contributed by atoms with Gasteiger partial charge in [-0.25, -0.2) is 4.79 Å². The number of hydrogen-bond acceptors (Lipinski definition) is 4. The highest BCUT2D eigenvalue weighted by Gasteiger charge is 2.44. The summed E-state index contributed by atoms with van der Waals surface area (Å²) in [5.41, 5.74) is 1.77. The molecule has 2 aromatic rings. The second-order valence-electron chi connectivity index (χ2n) is 7.25. The summed E-state index contributed by atoms with van der Waals surface area (Å²) >= 11 is 0. The highest BCUT2D eigenvalue weighted by atomic mass is 16.7. The van der Waals surface area contributed by atoms with Crippen molar-refractivity contribution in [3.8, 4) is 17.2 Å². The van der Waals surface area contributed by atoms with Crippen LogP contribution in [0.4, 0.5) is 0 Å². The number of rotatable bonds is 4. The van der Waals surface area contributed by atoms with Crippen LogP contribution in [-0.2, 0) is 0 Å². The van der Waals surface area contributed by atoms with E-state index in [9.17, 15) is 4.79 Å². The molecule has 2 aliphatic rings. The van der Waals surface area contributed by atoms with E-state index in [-0.39, 0.29) is 5.97 Å². The molecule has 4 rings (SSSR count). The molecule has 136 valence electrons. The molecule has 2 aromatic carbocycles. The average molecular weight is 352 g/mol. The number of benzene rings is 2. The molecule has 26 heavy (non-hydrogen) atoms. The molecule has 4 heteroatoms. The lowest BCUT2D eigenvalue weighted by Gasteiger charge is -2.21. The van der Waals surface area contributed by atoms with E-state index in [0.29, 0.717) is 23.0 Å². The van der Waals surface area contributed by atoms with Crippen molar-refractivity contribution in [2.45, 2.75) is 57.7 Å². The minimum atomic E-state index is -0.503. The number of fused-ring (bicyclic) bond motifs is 1. The molecule has 0 bridgehead atoms. The molecule has 0 N–H and O–H groups in total. The Morgan fingerprint density at radius 1 is 1.08 bits per heavy atom. The maximum atomic E-state index is 12.4. The van der Waals surface area contributed by atoms with Gasteiger partial charge in [-0.3, -0.25) is 0 Å². The Labute approximate surface area is 154 Å². The maximum absolute atomic E-state index is 12.4. The Kier molecular flexibility index (Phi) is 4.35. The molecule has 0 saturated heterocycles. The quantitative estimate of drug-likeness (QED) is 0.541. The molecular formula is C22H24O4. The van der Waals surface area contributed by atoms with Gasteiger partial charge in [0.15, 0.2) is 11.5 Å². The van der Waals surface area contributed by atoms with Gasteiger partial charge in [0.1, 0.15) is 5.75 Å². The molecule has 0 radical (unpaired) electrons. The van der Waals surface area contributed by atoms with E-state index < -0.39 is 5.79 Å². The molecule has 1 aliphatic carbocycles. The summed E-state index contributed by atoms with van der Waals surface area (Å²) in [5.74, 6) is 1.47. The third-order valence-corrected chi connectivity index (χ3v) is 5.41. The van der Waals surface area contributed by atoms with Crippen LogP contribution in [0.2, 0.25) is 0 Å². The van der Waals surface area contributed by atoms with E-state index in [2.05, 4.69) is 13.8 Å². The smallest absolute Gasteiger partial charge is 0.343 e. The van der Waals surface area contributed by atoms with Crippen LogP contribution < -0.4 is 14.2 Å². The molecule has 0 aromatic heterocycles. The van der Waals surface area contributed by atoms with Crippen LogP contribution in [0, 0.1) is 0 Å². The fourth-order valence-corrected chi connectivity index (χ4v) is 3.60. The van der Waals surface area contributed by atoms with E-state index in [1.807, 2.05) is 30.3 Å². The number of carbonyl (C=O) groups is 1. The Bertz CT molecular complexity index is 803. The first-order chi connectivity index (χ1) is 12.6. The first-order valence-corrected chi connectivity index (χ1v) is 9.43. The lowest BCUT2D eigenvalue weighted by molar-refractivity contribution is -0.0716. The Morgan fingerprint density at radius 3 is 2.46 bits per heavy atom. The summed E-state index contributed by atoms with van der Waals surface area (Å²) in [5, 5.41) is 0. The van der Waals surface area contributed by atoms with Crippen LogP contribution in [0.3, 0.4) is 0 Å². The lowest BCUT2D eigenvalue weighted by atomic mass is 9.98. The summed E-state index contributed by atoms with van der Waals surface area (Å²) in [6.07, 6.45) is 5.10. The van der Waals surface area contributed by atoms with Gasteiger partial charge in [-0.05, 0) is 55.0 Å². The lowest BCUT2D eigenvalue weighted by Crippen LogP contribution is -2.34. The van der Waals surface area contributed by atoms with Crippen molar-refractivity contribution in [1.82, 2.24) is 0 Å². The molecule has 1 unspecified atom stereocenters. The van der Waals surface area contributed by atoms with E-state index in [4.69, 9.17) is 14.2 Å². The van der Waals surface area contributed by atoms with Gasteiger partial charge in [0.25, 0.3) is 5.79 Å². The van der Waals surface area contributed by atoms with Gasteiger partial charge < -0.3 is 14.2 Å². The van der Waals surface area contributed by atoms with Crippen LogP contribution in [0.25, 0.3) is 0 Å². The van der Waals surface area contributed by atoms with E-state index in [0.717, 1.165) is 37.9 Å². The summed E-state index contributed by atoms with van der Waals surface area (Å²) in [6.45, 7) is 4.33. The van der Waals surface area contributed by atoms with Crippen LogP contribution >= 0.6 is 0 Å². The summed E-state index contributed by atoms with van der Waals surface area (Å²) < 4.78 is 17.5. The van der Waals surface area contributed by atoms with E-state index >= 15 is 0 Å². The molecule has 1 fully saturated rings. The number of hydrogen-bond donors (Lipinski definition) is 0. The van der Waals surface area contributed by atoms with Crippen molar-refractivity contribution >= 4 is 5.97 Å². The number of carbonyl (C=O) groups excluding carboxylic acids is 1. The van der Waals surface area contributed by atoms with Crippen molar-refractivity contribution in [3.63, 3.8) is 0 Å². The topological polar surface area (TPSA) is 44.8 Å². The monoisotopic (exact) mass is 352 g/mol. The fourth-order valence-electron chi connectivity index (χ4n) is 3.60. The molecule has 0 amide bonds. The average Bonchev–Trinajstić information content (AvgIpc) is 3.26. The van der Waals surface area contributed by atoms with Crippen LogP contribution in [0.1, 0.15) is 67.8 Å². The molecule has 1 saturated carbocycles. The summed E-state index contributed by atoms with van der Waals surface area (Å²) in [7, 11) is 0. The molecule has 1 aliphatic heterocycles. The third kappa shape index (κ3) is 3.16. The Balaban J connectivity index is 1.46. The normalized spacial score (nSPS) is 18.1. The molecule has 1 atom stereocenters. The van der Waals surface area contributed by atoms with E-state index in [1.165, 1.54) is 5.56 Å². The van der Waals surface area contributed by atoms with Gasteiger partial charge in [-0.2, -0.15) is 0 Å². The third-order valence-electron chi connectivity index (χ3n) is 5.41. The number of esters is 1. The Morgan fingerprint density at radius 2 is 1.77 bits per heavy atom. The highest BCUT2D eigenvalue weighted by molar-refractivity contribution is 5.91. The van der Waals surface area contributed by atoms with Crippen molar-refractivity contribution in [1.29, 1.82) is 0 Å². The predicted octanol–water partition coefficient (Wildman–Crippen LogP) is 5.46. The maximum Gasteiger partial charge on any atom is 0.343 e. The van der Waals surface area contributed by atoms with Gasteiger partial charge in [0, 0.05) is 18.9 Å². The van der Waals surface area contributed by atoms with Crippen molar-refractivity contribution in [2.75, 3.05) is 0 Å². The zero-order chi connectivity index (χ0) is 18.1. The van der Waals surface area contributed by atoms with Crippen molar-refractivity contribution < 1.29 is 19.0 Å². The second kappa shape index (κ2) is 6.67. The van der Waals surface area contributed by atoms with Crippen molar-refractivity contribution in [3.05, 3.63) is 53.6 Å². The van der Waals surface area contributed by atoms with Crippen LogP contribution in [-0.4, -0.2) is 11.8 Å². The first kappa shape index (κ1) is 17.0. The van der Waals surface area contributed by atoms with Crippen LogP contribution in [0.5, 0.6) is 17.2 Å². The minimum absolute atomic E-state index is 0.366. The van der Waals surface area contributed by atoms with Gasteiger partial charge in [0.05, 0.1) is 5.56 Å². The zero-order valence-corrected chi connectivity index (χ0v) is 15.3. The second-order valence-corrected chi connectivity index (χ2v) is 7.25. The minimum Gasteiger partial charge on any atom is -0.448 e. The first-order valence-electron chi connectivity index (χ1n) is 9.43. The molecular weight excluding hydrogens is 328 g/mol. The predicted molar refractivity (Wildman–Crippen MR) is 99.0 cm³/mol. The molecule has 4 nitrogen and oxygen atoms in total. The molecule has 1 spiro atoms. The van der Waals surface area contributed by atoms with Gasteiger partial charge in [-0.1, -0.05) is 26.0 Å². The summed E-state index contributed by atoms with van der Waals surface area (Å²) in [4.78, 5) is 12.4. The Hall–Kier alpha value is -2.49. The standard InChI is InChI=1S/C22H24O4/c1-3-15(2)16-6-8-17(9-7-16)21(23)24-18-10-11-19-20(14-18)26-22(25-19)12-4-5-13-22/h6-11,14-15H,3-5,12-13H2,1-2H3. The largest absolute Gasteiger partial charge is 0.448 e. The van der Waals surface area contributed by atoms with Crippen LogP contribution in [0.15, 0.2) is 42.5 Å². The van der Waals surface area contributed by atoms with Gasteiger partial charge in [0.2, 0.25) is 0 Å². The molecule has 1 heterocycles. The van der Waals surface area contributed by atoms with Gasteiger partial charge in [-0.15, -0.1) is 0 Å². The van der Waals surface area contributed by atoms with Crippen molar-refractivity contribution in [2.24, 2.45) is 0 Å². The fraction of sp³-hybridized carbons (Fsp3) is 0.409. The van der Waals surface area contributed by atoms with Gasteiger partial charge >= 0.3 is 5.97 Å². The van der Waals surface area contributed by atoms with E-state index in [1.54, 1.807) is 12.1 Å².